The van der Waals surface area contributed by atoms with Crippen molar-refractivity contribution in [3.63, 3.8) is 0 Å². The number of aryl methyl sites for hydroxylation is 2. The van der Waals surface area contributed by atoms with Crippen LogP contribution in [0.1, 0.15) is 23.5 Å². The number of fused-ring (bicyclic) bond motifs is 1. The van der Waals surface area contributed by atoms with Crippen molar-refractivity contribution in [2.45, 2.75) is 20.3 Å². The van der Waals surface area contributed by atoms with Gasteiger partial charge in [0.05, 0.1) is 19.3 Å². The van der Waals surface area contributed by atoms with E-state index in [1.54, 1.807) is 7.11 Å². The number of rotatable bonds is 5. The maximum Gasteiger partial charge on any atom is 0.238 e. The minimum absolute atomic E-state index is 0.0185. The zero-order chi connectivity index (χ0) is 20.4. The third-order valence-corrected chi connectivity index (χ3v) is 5.10. The van der Waals surface area contributed by atoms with Gasteiger partial charge in [0, 0.05) is 36.2 Å². The molecule has 1 aliphatic rings. The molecule has 1 aliphatic heterocycles. The van der Waals surface area contributed by atoms with Crippen LogP contribution in [-0.4, -0.2) is 52.1 Å². The molecule has 0 atom stereocenters. The lowest BCUT2D eigenvalue weighted by Crippen LogP contribution is -2.36. The average Bonchev–Trinajstić information content (AvgIpc) is 3.13. The monoisotopic (exact) mass is 391 g/mol. The second-order valence-corrected chi connectivity index (χ2v) is 7.33. The van der Waals surface area contributed by atoms with Gasteiger partial charge in [0.1, 0.15) is 5.75 Å². The molecule has 0 radical (unpaired) electrons. The van der Waals surface area contributed by atoms with Crippen LogP contribution in [0, 0.1) is 13.8 Å². The second-order valence-electron chi connectivity index (χ2n) is 7.33. The zero-order valence-electron chi connectivity index (χ0n) is 17.0. The maximum absolute atomic E-state index is 12.3. The normalized spacial score (nSPS) is 14.7. The molecule has 1 amide bonds. The van der Waals surface area contributed by atoms with Gasteiger partial charge in [-0.05, 0) is 56.2 Å². The van der Waals surface area contributed by atoms with Gasteiger partial charge in [0.2, 0.25) is 5.91 Å². The Morgan fingerprint density at radius 3 is 2.69 bits per heavy atom. The fraction of sp³-hybridized carbons (Fsp3) is 0.318. The fourth-order valence-corrected chi connectivity index (χ4v) is 3.61. The molecule has 4 rings (SSSR count). The number of carbonyl (C=O) groups is 1. The number of anilines is 1. The summed E-state index contributed by atoms with van der Waals surface area (Å²) in [6, 6.07) is 11.4. The minimum atomic E-state index is -0.0185. The molecule has 1 aromatic carbocycles. The van der Waals surface area contributed by atoms with Crippen molar-refractivity contribution in [2.75, 3.05) is 32.1 Å². The van der Waals surface area contributed by atoms with Crippen LogP contribution in [0.15, 0.2) is 42.5 Å². The Hall–Kier alpha value is -3.19. The smallest absolute Gasteiger partial charge is 0.238 e. The van der Waals surface area contributed by atoms with E-state index in [4.69, 9.17) is 9.84 Å². The first-order valence-electron chi connectivity index (χ1n) is 9.71. The summed E-state index contributed by atoms with van der Waals surface area (Å²) in [6.45, 7) is 5.94. The molecule has 150 valence electrons. The number of hydrogen-bond acceptors (Lipinski definition) is 5. The lowest BCUT2D eigenvalue weighted by atomic mass is 10.1. The van der Waals surface area contributed by atoms with Crippen molar-refractivity contribution in [1.29, 1.82) is 0 Å². The second kappa shape index (κ2) is 8.05. The Kier molecular flexibility index (Phi) is 5.31. The van der Waals surface area contributed by atoms with E-state index in [1.165, 1.54) is 5.57 Å². The summed E-state index contributed by atoms with van der Waals surface area (Å²) in [4.78, 5) is 19.0. The Morgan fingerprint density at radius 2 is 2.00 bits per heavy atom. The maximum atomic E-state index is 12.3. The predicted molar refractivity (Wildman–Crippen MR) is 113 cm³/mol. The highest BCUT2D eigenvalue weighted by Crippen LogP contribution is 2.23. The molecule has 0 aliphatic carbocycles. The van der Waals surface area contributed by atoms with Gasteiger partial charge in [-0.1, -0.05) is 6.08 Å². The van der Waals surface area contributed by atoms with Crippen LogP contribution in [0.4, 0.5) is 5.69 Å². The van der Waals surface area contributed by atoms with E-state index in [0.29, 0.717) is 6.54 Å². The van der Waals surface area contributed by atoms with Gasteiger partial charge in [-0.3, -0.25) is 9.69 Å². The highest BCUT2D eigenvalue weighted by atomic mass is 16.5. The standard InChI is InChI=1S/C22H25N5O2/c1-15-12-16(2)27-21(23-15)13-20(25-27)17-8-10-26(11-9-17)14-22(28)24-18-4-6-19(29-3)7-5-18/h4-8,12-13H,9-11,14H2,1-3H3,(H,24,28). The molecular formula is C22H25N5O2. The van der Waals surface area contributed by atoms with Gasteiger partial charge in [-0.15, -0.1) is 0 Å². The Bertz CT molecular complexity index is 1070. The molecule has 0 fully saturated rings. The molecule has 0 bridgehead atoms. The van der Waals surface area contributed by atoms with E-state index in [-0.39, 0.29) is 5.91 Å². The van der Waals surface area contributed by atoms with Gasteiger partial charge >= 0.3 is 0 Å². The first-order valence-corrected chi connectivity index (χ1v) is 9.71. The van der Waals surface area contributed by atoms with E-state index < -0.39 is 0 Å². The van der Waals surface area contributed by atoms with Gasteiger partial charge in [-0.2, -0.15) is 5.10 Å². The van der Waals surface area contributed by atoms with Gasteiger partial charge in [0.15, 0.2) is 5.65 Å². The van der Waals surface area contributed by atoms with Crippen molar-refractivity contribution >= 4 is 22.8 Å². The van der Waals surface area contributed by atoms with Crippen LogP contribution in [0.3, 0.4) is 0 Å². The number of ether oxygens (including phenoxy) is 1. The molecule has 29 heavy (non-hydrogen) atoms. The van der Waals surface area contributed by atoms with Gasteiger partial charge < -0.3 is 10.1 Å². The molecule has 0 unspecified atom stereocenters. The highest BCUT2D eigenvalue weighted by Gasteiger charge is 2.18. The summed E-state index contributed by atoms with van der Waals surface area (Å²) in [6.07, 6.45) is 3.02. The van der Waals surface area contributed by atoms with Gasteiger partial charge in [0.25, 0.3) is 0 Å². The fourth-order valence-electron chi connectivity index (χ4n) is 3.61. The number of nitrogens with one attached hydrogen (secondary N) is 1. The number of methoxy groups -OCH3 is 1. The van der Waals surface area contributed by atoms with Crippen molar-refractivity contribution in [1.82, 2.24) is 19.5 Å². The molecule has 1 N–H and O–H groups in total. The third-order valence-electron chi connectivity index (χ3n) is 5.10. The zero-order valence-corrected chi connectivity index (χ0v) is 17.0. The number of benzene rings is 1. The van der Waals surface area contributed by atoms with E-state index in [0.717, 1.165) is 53.7 Å². The lowest BCUT2D eigenvalue weighted by molar-refractivity contribution is -0.117. The minimum Gasteiger partial charge on any atom is -0.497 e. The predicted octanol–water partition coefficient (Wildman–Crippen LogP) is 3.08. The quantitative estimate of drug-likeness (QED) is 0.724. The van der Waals surface area contributed by atoms with Gasteiger partial charge in [-0.25, -0.2) is 9.50 Å². The summed E-state index contributed by atoms with van der Waals surface area (Å²) in [5.74, 6) is 0.749. The van der Waals surface area contributed by atoms with E-state index in [2.05, 4.69) is 21.3 Å². The summed E-state index contributed by atoms with van der Waals surface area (Å²) < 4.78 is 7.02. The van der Waals surface area contributed by atoms with E-state index >= 15 is 0 Å². The first kappa shape index (κ1) is 19.1. The molecule has 2 aromatic heterocycles. The number of nitrogens with zero attached hydrogens (tertiary/aromatic N) is 4. The van der Waals surface area contributed by atoms with Crippen LogP contribution in [0.25, 0.3) is 11.2 Å². The Morgan fingerprint density at radius 1 is 1.21 bits per heavy atom. The molecule has 0 spiro atoms. The number of hydrogen-bond donors (Lipinski definition) is 1. The number of carbonyl (C=O) groups excluding carboxylic acids is 1. The molecular weight excluding hydrogens is 366 g/mol. The van der Waals surface area contributed by atoms with Crippen LogP contribution in [0.2, 0.25) is 0 Å². The van der Waals surface area contributed by atoms with Crippen molar-refractivity contribution < 1.29 is 9.53 Å². The lowest BCUT2D eigenvalue weighted by Gasteiger charge is -2.25. The summed E-state index contributed by atoms with van der Waals surface area (Å²) in [5, 5.41) is 7.64. The molecule has 7 nitrogen and oxygen atoms in total. The molecule has 3 aromatic rings. The molecule has 0 saturated heterocycles. The Balaban J connectivity index is 1.37. The SMILES string of the molecule is COc1ccc(NC(=O)CN2CC=C(c3cc4nc(C)cc(C)n4n3)CC2)cc1. The molecule has 0 saturated carbocycles. The third kappa shape index (κ3) is 4.30. The van der Waals surface area contributed by atoms with Crippen LogP contribution >= 0.6 is 0 Å². The Labute approximate surface area is 170 Å². The van der Waals surface area contributed by atoms with E-state index in [9.17, 15) is 4.79 Å². The van der Waals surface area contributed by atoms with Crippen LogP contribution < -0.4 is 10.1 Å². The first-order chi connectivity index (χ1) is 14.0. The van der Waals surface area contributed by atoms with Crippen LogP contribution in [0.5, 0.6) is 5.75 Å². The number of amides is 1. The average molecular weight is 391 g/mol. The largest absolute Gasteiger partial charge is 0.497 e. The summed E-state index contributed by atoms with van der Waals surface area (Å²) in [5.41, 5.74) is 5.89. The van der Waals surface area contributed by atoms with Crippen molar-refractivity contribution in [3.8, 4) is 5.75 Å². The van der Waals surface area contributed by atoms with Crippen molar-refractivity contribution in [3.05, 3.63) is 59.6 Å². The van der Waals surface area contributed by atoms with E-state index in [1.807, 2.05) is 54.8 Å². The topological polar surface area (TPSA) is 71.8 Å². The molecule has 3 heterocycles. The highest BCUT2D eigenvalue weighted by molar-refractivity contribution is 5.92. The molecule has 7 heteroatoms. The summed E-state index contributed by atoms with van der Waals surface area (Å²) in [7, 11) is 1.62. The number of aromatic nitrogens is 3. The van der Waals surface area contributed by atoms with Crippen LogP contribution in [-0.2, 0) is 4.79 Å². The van der Waals surface area contributed by atoms with Crippen molar-refractivity contribution in [2.24, 2.45) is 0 Å². The summed E-state index contributed by atoms with van der Waals surface area (Å²) >= 11 is 0.